The molecule has 2 rings (SSSR count). The van der Waals surface area contributed by atoms with Crippen molar-refractivity contribution in [1.29, 1.82) is 0 Å². The van der Waals surface area contributed by atoms with Crippen molar-refractivity contribution in [3.05, 3.63) is 0 Å². The predicted octanol–water partition coefficient (Wildman–Crippen LogP) is 3.13. The monoisotopic (exact) mass is 226 g/mol. The molecule has 2 aliphatic rings. The molecule has 0 aromatic heterocycles. The fourth-order valence-electron chi connectivity index (χ4n) is 3.30. The third-order valence-corrected chi connectivity index (χ3v) is 4.47. The van der Waals surface area contributed by atoms with Crippen molar-refractivity contribution in [2.24, 2.45) is 11.8 Å². The zero-order valence-electron chi connectivity index (χ0n) is 10.5. The highest BCUT2D eigenvalue weighted by atomic mass is 16.5. The Morgan fingerprint density at radius 2 is 2.06 bits per heavy atom. The van der Waals surface area contributed by atoms with Crippen molar-refractivity contribution >= 4 is 0 Å². The lowest BCUT2D eigenvalue weighted by atomic mass is 9.75. The summed E-state index contributed by atoms with van der Waals surface area (Å²) in [6.45, 7) is 3.21. The van der Waals surface area contributed by atoms with Crippen LogP contribution in [0.5, 0.6) is 0 Å². The van der Waals surface area contributed by atoms with Gasteiger partial charge in [-0.3, -0.25) is 0 Å². The molecule has 0 aromatic rings. The van der Waals surface area contributed by atoms with Gasteiger partial charge in [0.1, 0.15) is 0 Å². The minimum absolute atomic E-state index is 0.0617. The summed E-state index contributed by atoms with van der Waals surface area (Å²) in [7, 11) is 0. The van der Waals surface area contributed by atoms with E-state index in [0.29, 0.717) is 12.0 Å². The van der Waals surface area contributed by atoms with Gasteiger partial charge >= 0.3 is 0 Å². The highest BCUT2D eigenvalue weighted by molar-refractivity contribution is 4.82. The van der Waals surface area contributed by atoms with Crippen LogP contribution in [0.15, 0.2) is 0 Å². The molecule has 2 fully saturated rings. The van der Waals surface area contributed by atoms with E-state index in [0.717, 1.165) is 25.4 Å². The van der Waals surface area contributed by atoms with Gasteiger partial charge < -0.3 is 9.84 Å². The third-order valence-electron chi connectivity index (χ3n) is 4.47. The second-order valence-corrected chi connectivity index (χ2v) is 5.64. The first-order valence-corrected chi connectivity index (χ1v) is 7.09. The Kier molecular flexibility index (Phi) is 4.66. The molecule has 0 aromatic carbocycles. The first kappa shape index (κ1) is 12.4. The number of rotatable bonds is 3. The van der Waals surface area contributed by atoms with Gasteiger partial charge in [0.05, 0.1) is 12.2 Å². The van der Waals surface area contributed by atoms with Crippen LogP contribution in [-0.4, -0.2) is 23.9 Å². The molecule has 4 unspecified atom stereocenters. The molecule has 94 valence electrons. The molecule has 0 radical (unpaired) electrons. The average Bonchev–Trinajstić information content (AvgIpc) is 2.33. The van der Waals surface area contributed by atoms with Crippen molar-refractivity contribution < 1.29 is 9.84 Å². The van der Waals surface area contributed by atoms with E-state index in [1.807, 2.05) is 0 Å². The van der Waals surface area contributed by atoms with Crippen LogP contribution in [0.3, 0.4) is 0 Å². The lowest BCUT2D eigenvalue weighted by molar-refractivity contribution is -0.0318. The quantitative estimate of drug-likeness (QED) is 0.801. The Bertz CT molecular complexity index is 199. The molecule has 1 N–H and O–H groups in total. The summed E-state index contributed by atoms with van der Waals surface area (Å²) in [5.41, 5.74) is 0. The Morgan fingerprint density at radius 1 is 1.19 bits per heavy atom. The molecule has 1 saturated carbocycles. The summed E-state index contributed by atoms with van der Waals surface area (Å²) in [6, 6.07) is 0. The summed E-state index contributed by atoms with van der Waals surface area (Å²) < 4.78 is 5.79. The van der Waals surface area contributed by atoms with Crippen molar-refractivity contribution in [1.82, 2.24) is 0 Å². The maximum Gasteiger partial charge on any atom is 0.0578 e. The molecule has 2 nitrogen and oxygen atoms in total. The van der Waals surface area contributed by atoms with Crippen LogP contribution in [0.25, 0.3) is 0 Å². The Balaban J connectivity index is 1.81. The summed E-state index contributed by atoms with van der Waals surface area (Å²) in [6.07, 6.45) is 9.93. The average molecular weight is 226 g/mol. The molecular weight excluding hydrogens is 200 g/mol. The fraction of sp³-hybridized carbons (Fsp3) is 1.00. The summed E-state index contributed by atoms with van der Waals surface area (Å²) in [5, 5.41) is 10.1. The number of aliphatic hydroxyl groups is 1. The Morgan fingerprint density at radius 3 is 2.75 bits per heavy atom. The lowest BCUT2D eigenvalue weighted by Crippen LogP contribution is -2.33. The van der Waals surface area contributed by atoms with Crippen LogP contribution in [0.2, 0.25) is 0 Å². The Hall–Kier alpha value is -0.0800. The fourth-order valence-corrected chi connectivity index (χ4v) is 3.30. The smallest absolute Gasteiger partial charge is 0.0578 e. The van der Waals surface area contributed by atoms with Gasteiger partial charge in [-0.25, -0.2) is 0 Å². The normalized spacial score (nSPS) is 40.9. The topological polar surface area (TPSA) is 29.5 Å². The highest BCUT2D eigenvalue weighted by Gasteiger charge is 2.30. The predicted molar refractivity (Wildman–Crippen MR) is 65.3 cm³/mol. The van der Waals surface area contributed by atoms with Crippen molar-refractivity contribution in [2.75, 3.05) is 6.61 Å². The van der Waals surface area contributed by atoms with E-state index < -0.39 is 0 Å². The van der Waals surface area contributed by atoms with Gasteiger partial charge in [-0.15, -0.1) is 0 Å². The molecule has 1 aliphatic carbocycles. The van der Waals surface area contributed by atoms with E-state index in [1.165, 1.54) is 38.5 Å². The molecular formula is C14H26O2. The molecule has 0 bridgehead atoms. The number of hydrogen-bond acceptors (Lipinski definition) is 2. The summed E-state index contributed by atoms with van der Waals surface area (Å²) in [5.74, 6) is 1.35. The van der Waals surface area contributed by atoms with Crippen molar-refractivity contribution in [2.45, 2.75) is 70.5 Å². The van der Waals surface area contributed by atoms with Gasteiger partial charge in [0.2, 0.25) is 0 Å². The Labute approximate surface area is 99.4 Å². The standard InChI is InChI=1S/C14H26O2/c1-2-11-6-7-14(15)12(9-11)10-13-5-3-4-8-16-13/h11-15H,2-10H2,1H3. The molecule has 4 atom stereocenters. The molecule has 2 heteroatoms. The molecule has 1 aliphatic heterocycles. The van der Waals surface area contributed by atoms with Crippen LogP contribution in [-0.2, 0) is 4.74 Å². The largest absolute Gasteiger partial charge is 0.393 e. The lowest BCUT2D eigenvalue weighted by Gasteiger charge is -2.35. The molecule has 1 saturated heterocycles. The highest BCUT2D eigenvalue weighted by Crippen LogP contribution is 2.35. The summed E-state index contributed by atoms with van der Waals surface area (Å²) >= 11 is 0. The molecule has 16 heavy (non-hydrogen) atoms. The first-order chi connectivity index (χ1) is 7.79. The van der Waals surface area contributed by atoms with Gasteiger partial charge in [0.25, 0.3) is 0 Å². The molecule has 0 amide bonds. The zero-order chi connectivity index (χ0) is 11.4. The SMILES string of the molecule is CCC1CCC(O)C(CC2CCCCO2)C1. The number of ether oxygens (including phenoxy) is 1. The second kappa shape index (κ2) is 6.02. The van der Waals surface area contributed by atoms with E-state index in [-0.39, 0.29) is 6.10 Å². The molecule has 0 spiro atoms. The maximum atomic E-state index is 10.1. The van der Waals surface area contributed by atoms with E-state index in [4.69, 9.17) is 4.74 Å². The van der Waals surface area contributed by atoms with Gasteiger partial charge in [0, 0.05) is 6.61 Å². The van der Waals surface area contributed by atoms with E-state index in [9.17, 15) is 5.11 Å². The van der Waals surface area contributed by atoms with E-state index in [2.05, 4.69) is 6.92 Å². The maximum absolute atomic E-state index is 10.1. The van der Waals surface area contributed by atoms with Crippen LogP contribution in [0.4, 0.5) is 0 Å². The van der Waals surface area contributed by atoms with Gasteiger partial charge in [-0.1, -0.05) is 13.3 Å². The van der Waals surface area contributed by atoms with Gasteiger partial charge in [-0.2, -0.15) is 0 Å². The van der Waals surface area contributed by atoms with E-state index in [1.54, 1.807) is 0 Å². The minimum atomic E-state index is -0.0617. The van der Waals surface area contributed by atoms with Crippen molar-refractivity contribution in [3.8, 4) is 0 Å². The van der Waals surface area contributed by atoms with Crippen LogP contribution < -0.4 is 0 Å². The van der Waals surface area contributed by atoms with Crippen LogP contribution >= 0.6 is 0 Å². The first-order valence-electron chi connectivity index (χ1n) is 7.09. The van der Waals surface area contributed by atoms with Gasteiger partial charge in [-0.05, 0) is 56.8 Å². The second-order valence-electron chi connectivity index (χ2n) is 5.64. The summed E-state index contributed by atoms with van der Waals surface area (Å²) in [4.78, 5) is 0. The third kappa shape index (κ3) is 3.21. The number of hydrogen-bond donors (Lipinski definition) is 1. The van der Waals surface area contributed by atoms with E-state index >= 15 is 0 Å². The minimum Gasteiger partial charge on any atom is -0.393 e. The zero-order valence-corrected chi connectivity index (χ0v) is 10.5. The number of aliphatic hydroxyl groups excluding tert-OH is 1. The van der Waals surface area contributed by atoms with Crippen molar-refractivity contribution in [3.63, 3.8) is 0 Å². The van der Waals surface area contributed by atoms with Gasteiger partial charge in [0.15, 0.2) is 0 Å². The molecule has 1 heterocycles. The van der Waals surface area contributed by atoms with Crippen LogP contribution in [0, 0.1) is 11.8 Å². The van der Waals surface area contributed by atoms with Crippen LogP contribution in [0.1, 0.15) is 58.3 Å².